The number of hydroxylamine groups is 1. The van der Waals surface area contributed by atoms with Crippen molar-refractivity contribution in [2.45, 2.75) is 54.9 Å². The summed E-state index contributed by atoms with van der Waals surface area (Å²) in [7, 11) is 0. The van der Waals surface area contributed by atoms with Gasteiger partial charge in [-0.3, -0.25) is 0 Å². The van der Waals surface area contributed by atoms with E-state index in [0.717, 1.165) is 49.2 Å². The summed E-state index contributed by atoms with van der Waals surface area (Å²) in [6.07, 6.45) is 1.14. The Hall–Kier alpha value is -0.0800. The van der Waals surface area contributed by atoms with Crippen LogP contribution in [0.4, 0.5) is 0 Å². The maximum absolute atomic E-state index is 5.34. The van der Waals surface area contributed by atoms with Gasteiger partial charge in [0.2, 0.25) is 0 Å². The number of hydrogen-bond acceptors (Lipinski definition) is 2. The molecular formula is C15H33NO. The third-order valence-electron chi connectivity index (χ3n) is 4.53. The molecule has 2 nitrogen and oxygen atoms in total. The molecule has 0 aromatic rings. The third kappa shape index (κ3) is 6.42. The highest BCUT2D eigenvalue weighted by molar-refractivity contribution is 4.74. The molecule has 3 unspecified atom stereocenters. The molecule has 0 saturated heterocycles. The lowest BCUT2D eigenvalue weighted by Crippen LogP contribution is -2.26. The molecule has 0 aliphatic carbocycles. The molecule has 0 amide bonds. The molecule has 0 aliphatic heterocycles. The summed E-state index contributed by atoms with van der Waals surface area (Å²) >= 11 is 0. The fraction of sp³-hybridized carbons (Fsp3) is 1.00. The minimum Gasteiger partial charge on any atom is -0.302 e. The molecule has 1 N–H and O–H groups in total. The number of nitrogens with one attached hydrogen (secondary N) is 1. The maximum atomic E-state index is 5.34. The van der Waals surface area contributed by atoms with Gasteiger partial charge in [-0.1, -0.05) is 48.5 Å². The summed E-state index contributed by atoms with van der Waals surface area (Å²) in [6.45, 7) is 17.9. The minimum atomic E-state index is 0.727. The predicted molar refractivity (Wildman–Crippen MR) is 75.7 cm³/mol. The molecule has 0 aliphatic rings. The van der Waals surface area contributed by atoms with Crippen LogP contribution in [0.5, 0.6) is 0 Å². The van der Waals surface area contributed by atoms with Gasteiger partial charge in [-0.05, 0) is 36.0 Å². The van der Waals surface area contributed by atoms with Crippen LogP contribution in [0.3, 0.4) is 0 Å². The van der Waals surface area contributed by atoms with Crippen molar-refractivity contribution in [2.75, 3.05) is 13.2 Å². The number of rotatable bonds is 9. The Kier molecular flexibility index (Phi) is 8.89. The van der Waals surface area contributed by atoms with Crippen LogP contribution < -0.4 is 5.48 Å². The van der Waals surface area contributed by atoms with E-state index in [-0.39, 0.29) is 0 Å². The zero-order chi connectivity index (χ0) is 13.4. The van der Waals surface area contributed by atoms with E-state index in [2.05, 4.69) is 53.9 Å². The average Bonchev–Trinajstić information content (AvgIpc) is 2.31. The highest BCUT2D eigenvalue weighted by Crippen LogP contribution is 2.32. The Balaban J connectivity index is 3.98. The molecule has 4 atom stereocenters. The lowest BCUT2D eigenvalue weighted by Gasteiger charge is -2.32. The Morgan fingerprint density at radius 1 is 0.882 bits per heavy atom. The van der Waals surface area contributed by atoms with Crippen molar-refractivity contribution in [2.24, 2.45) is 29.6 Å². The Bertz CT molecular complexity index is 182. The van der Waals surface area contributed by atoms with Gasteiger partial charge in [0.1, 0.15) is 0 Å². The van der Waals surface area contributed by atoms with Crippen molar-refractivity contribution in [3.63, 3.8) is 0 Å². The van der Waals surface area contributed by atoms with Crippen molar-refractivity contribution in [1.82, 2.24) is 5.48 Å². The summed E-state index contributed by atoms with van der Waals surface area (Å²) < 4.78 is 0. The van der Waals surface area contributed by atoms with Crippen LogP contribution in [-0.4, -0.2) is 13.2 Å². The second kappa shape index (κ2) is 8.93. The first kappa shape index (κ1) is 16.9. The molecule has 104 valence electrons. The van der Waals surface area contributed by atoms with E-state index in [9.17, 15) is 0 Å². The van der Waals surface area contributed by atoms with Gasteiger partial charge in [0.25, 0.3) is 0 Å². The molecule has 0 aromatic carbocycles. The molecule has 2 heteroatoms. The molecule has 0 spiro atoms. The van der Waals surface area contributed by atoms with Crippen LogP contribution in [0.1, 0.15) is 54.9 Å². The summed E-state index contributed by atoms with van der Waals surface area (Å²) in [4.78, 5) is 5.34. The first-order chi connectivity index (χ1) is 7.91. The normalized spacial score (nSPS) is 19.1. The monoisotopic (exact) mass is 243 g/mol. The SMILES string of the molecule is CCNOCC[C@H](C)C(C)C(C)C(C)C(C)C. The van der Waals surface area contributed by atoms with Crippen LogP contribution >= 0.6 is 0 Å². The molecule has 0 radical (unpaired) electrons. The van der Waals surface area contributed by atoms with E-state index >= 15 is 0 Å². The first-order valence-corrected chi connectivity index (χ1v) is 7.26. The smallest absolute Gasteiger partial charge is 0.0684 e. The molecule has 0 fully saturated rings. The molecule has 0 saturated carbocycles. The van der Waals surface area contributed by atoms with E-state index in [1.54, 1.807) is 0 Å². The van der Waals surface area contributed by atoms with Crippen molar-refractivity contribution < 1.29 is 4.84 Å². The lowest BCUT2D eigenvalue weighted by atomic mass is 9.74. The van der Waals surface area contributed by atoms with Crippen LogP contribution in [0, 0.1) is 29.6 Å². The largest absolute Gasteiger partial charge is 0.302 e. The van der Waals surface area contributed by atoms with Crippen LogP contribution in [-0.2, 0) is 4.84 Å². The van der Waals surface area contributed by atoms with Crippen LogP contribution in [0.25, 0.3) is 0 Å². The van der Waals surface area contributed by atoms with Crippen LogP contribution in [0.15, 0.2) is 0 Å². The minimum absolute atomic E-state index is 0.727. The lowest BCUT2D eigenvalue weighted by molar-refractivity contribution is 0.0286. The fourth-order valence-corrected chi connectivity index (χ4v) is 2.29. The second-order valence-electron chi connectivity index (χ2n) is 5.93. The van der Waals surface area contributed by atoms with Gasteiger partial charge in [0.05, 0.1) is 6.61 Å². The topological polar surface area (TPSA) is 21.3 Å². The van der Waals surface area contributed by atoms with E-state index in [1.807, 2.05) is 0 Å². The third-order valence-corrected chi connectivity index (χ3v) is 4.53. The van der Waals surface area contributed by atoms with Gasteiger partial charge < -0.3 is 4.84 Å². The Morgan fingerprint density at radius 2 is 1.47 bits per heavy atom. The quantitative estimate of drug-likeness (QED) is 0.486. The van der Waals surface area contributed by atoms with Gasteiger partial charge in [-0.15, -0.1) is 0 Å². The van der Waals surface area contributed by atoms with Crippen molar-refractivity contribution in [1.29, 1.82) is 0 Å². The Labute approximate surface area is 108 Å². The predicted octanol–water partition coefficient (Wildman–Crippen LogP) is 4.12. The van der Waals surface area contributed by atoms with Gasteiger partial charge in [0, 0.05) is 6.54 Å². The molecule has 0 rings (SSSR count). The molecule has 0 heterocycles. The van der Waals surface area contributed by atoms with Gasteiger partial charge in [0.15, 0.2) is 0 Å². The highest BCUT2D eigenvalue weighted by atomic mass is 16.6. The zero-order valence-corrected chi connectivity index (χ0v) is 12.9. The van der Waals surface area contributed by atoms with Crippen molar-refractivity contribution >= 4 is 0 Å². The number of hydrogen-bond donors (Lipinski definition) is 1. The standard InChI is InChI=1S/C15H33NO/c1-8-16-17-10-9-12(4)14(6)15(7)13(5)11(2)3/h11-16H,8-10H2,1-7H3/t12-,13?,14?,15?/m0/s1. The second-order valence-corrected chi connectivity index (χ2v) is 5.93. The van der Waals surface area contributed by atoms with Gasteiger partial charge in [-0.25, -0.2) is 5.48 Å². The van der Waals surface area contributed by atoms with Crippen molar-refractivity contribution in [3.05, 3.63) is 0 Å². The van der Waals surface area contributed by atoms with Crippen LogP contribution in [0.2, 0.25) is 0 Å². The summed E-state index contributed by atoms with van der Waals surface area (Å²) in [6, 6.07) is 0. The summed E-state index contributed by atoms with van der Waals surface area (Å²) in [5.74, 6) is 3.84. The van der Waals surface area contributed by atoms with E-state index < -0.39 is 0 Å². The molecule has 17 heavy (non-hydrogen) atoms. The fourth-order valence-electron chi connectivity index (χ4n) is 2.29. The van der Waals surface area contributed by atoms with E-state index in [0.29, 0.717) is 0 Å². The zero-order valence-electron chi connectivity index (χ0n) is 12.9. The van der Waals surface area contributed by atoms with Crippen molar-refractivity contribution in [3.8, 4) is 0 Å². The van der Waals surface area contributed by atoms with Gasteiger partial charge >= 0.3 is 0 Å². The first-order valence-electron chi connectivity index (χ1n) is 7.26. The molecular weight excluding hydrogens is 210 g/mol. The highest BCUT2D eigenvalue weighted by Gasteiger charge is 2.25. The van der Waals surface area contributed by atoms with E-state index in [4.69, 9.17) is 4.84 Å². The Morgan fingerprint density at radius 3 is 1.94 bits per heavy atom. The summed E-state index contributed by atoms with van der Waals surface area (Å²) in [5.41, 5.74) is 2.91. The average molecular weight is 243 g/mol. The molecule has 0 aromatic heterocycles. The maximum Gasteiger partial charge on any atom is 0.0684 e. The molecule has 0 bridgehead atoms. The van der Waals surface area contributed by atoms with Gasteiger partial charge in [-0.2, -0.15) is 0 Å². The summed E-state index contributed by atoms with van der Waals surface area (Å²) in [5, 5.41) is 0. The van der Waals surface area contributed by atoms with E-state index in [1.165, 1.54) is 0 Å².